The highest BCUT2D eigenvalue weighted by Gasteiger charge is 2.11. The molecule has 2 rings (SSSR count). The van der Waals surface area contributed by atoms with E-state index in [0.717, 1.165) is 23.1 Å². The monoisotopic (exact) mass is 367 g/mol. The minimum absolute atomic E-state index is 0.00787. The van der Waals surface area contributed by atoms with Gasteiger partial charge in [0, 0.05) is 11.0 Å². The van der Waals surface area contributed by atoms with Crippen molar-refractivity contribution < 1.29 is 27.8 Å². The van der Waals surface area contributed by atoms with E-state index in [1.165, 1.54) is 11.8 Å². The summed E-state index contributed by atoms with van der Waals surface area (Å²) < 4.78 is 36.2. The van der Waals surface area contributed by atoms with Gasteiger partial charge in [-0.25, -0.2) is 8.78 Å². The lowest BCUT2D eigenvalue weighted by Gasteiger charge is -2.08. The minimum Gasteiger partial charge on any atom is -0.497 e. The van der Waals surface area contributed by atoms with Crippen molar-refractivity contribution >= 4 is 29.3 Å². The predicted molar refractivity (Wildman–Crippen MR) is 89.7 cm³/mol. The molecule has 132 valence electrons. The average molecular weight is 367 g/mol. The lowest BCUT2D eigenvalue weighted by molar-refractivity contribution is -0.144. The number of esters is 1. The van der Waals surface area contributed by atoms with Crippen LogP contribution in [-0.2, 0) is 14.3 Å². The molecule has 0 aliphatic heterocycles. The van der Waals surface area contributed by atoms with Crippen molar-refractivity contribution in [1.29, 1.82) is 0 Å². The van der Waals surface area contributed by atoms with Gasteiger partial charge in [0.05, 0.1) is 18.6 Å². The molecule has 0 aromatic heterocycles. The number of benzene rings is 2. The van der Waals surface area contributed by atoms with E-state index < -0.39 is 30.1 Å². The van der Waals surface area contributed by atoms with E-state index in [0.29, 0.717) is 5.75 Å². The molecule has 0 spiro atoms. The highest BCUT2D eigenvalue weighted by atomic mass is 32.2. The molecule has 1 N–H and O–H groups in total. The van der Waals surface area contributed by atoms with Crippen molar-refractivity contribution in [2.24, 2.45) is 0 Å². The van der Waals surface area contributed by atoms with Gasteiger partial charge < -0.3 is 14.8 Å². The van der Waals surface area contributed by atoms with Crippen molar-refractivity contribution in [2.75, 3.05) is 24.8 Å². The number of halogens is 2. The number of ether oxygens (including phenoxy) is 2. The van der Waals surface area contributed by atoms with Crippen LogP contribution in [0, 0.1) is 11.6 Å². The molecule has 0 fully saturated rings. The summed E-state index contributed by atoms with van der Waals surface area (Å²) in [6, 6.07) is 9.76. The zero-order valence-electron chi connectivity index (χ0n) is 13.3. The number of hydrogen-bond acceptors (Lipinski definition) is 5. The predicted octanol–water partition coefficient (Wildman–Crippen LogP) is 3.25. The number of carbonyl (C=O) groups excluding carboxylic acids is 2. The van der Waals surface area contributed by atoms with Gasteiger partial charge in [-0.2, -0.15) is 0 Å². The third-order valence-corrected chi connectivity index (χ3v) is 3.97. The molecule has 0 bridgehead atoms. The Morgan fingerprint density at radius 1 is 1.12 bits per heavy atom. The van der Waals surface area contributed by atoms with Gasteiger partial charge in [-0.1, -0.05) is 0 Å². The normalized spacial score (nSPS) is 10.2. The first-order valence-electron chi connectivity index (χ1n) is 7.15. The Labute approximate surface area is 147 Å². The summed E-state index contributed by atoms with van der Waals surface area (Å²) in [5, 5.41) is 2.14. The van der Waals surface area contributed by atoms with Crippen LogP contribution in [-0.4, -0.2) is 31.3 Å². The van der Waals surface area contributed by atoms with Gasteiger partial charge in [-0.05, 0) is 36.4 Å². The van der Waals surface area contributed by atoms with Crippen LogP contribution in [0.5, 0.6) is 5.75 Å². The summed E-state index contributed by atoms with van der Waals surface area (Å²) in [6.07, 6.45) is 0. The Kier molecular flexibility index (Phi) is 6.76. The second-order valence-electron chi connectivity index (χ2n) is 4.80. The first-order valence-corrected chi connectivity index (χ1v) is 8.14. The van der Waals surface area contributed by atoms with Gasteiger partial charge in [0.25, 0.3) is 5.91 Å². The topological polar surface area (TPSA) is 64.6 Å². The molecule has 0 aliphatic rings. The van der Waals surface area contributed by atoms with Crippen LogP contribution in [0.15, 0.2) is 47.4 Å². The van der Waals surface area contributed by atoms with Crippen LogP contribution in [0.1, 0.15) is 0 Å². The summed E-state index contributed by atoms with van der Waals surface area (Å²) in [5.41, 5.74) is -0.311. The third kappa shape index (κ3) is 6.07. The lowest BCUT2D eigenvalue weighted by atomic mass is 10.3. The van der Waals surface area contributed by atoms with E-state index in [2.05, 4.69) is 5.32 Å². The summed E-state index contributed by atoms with van der Waals surface area (Å²) in [6.45, 7) is -0.585. The van der Waals surface area contributed by atoms with Crippen LogP contribution in [0.25, 0.3) is 0 Å². The Morgan fingerprint density at radius 2 is 1.84 bits per heavy atom. The number of amides is 1. The van der Waals surface area contributed by atoms with Crippen LogP contribution >= 0.6 is 11.8 Å². The Morgan fingerprint density at radius 3 is 2.52 bits per heavy atom. The van der Waals surface area contributed by atoms with Gasteiger partial charge in [-0.15, -0.1) is 11.8 Å². The van der Waals surface area contributed by atoms with Crippen LogP contribution < -0.4 is 10.1 Å². The number of methoxy groups -OCH3 is 1. The fourth-order valence-corrected chi connectivity index (χ4v) is 2.48. The van der Waals surface area contributed by atoms with Crippen LogP contribution in [0.4, 0.5) is 14.5 Å². The largest absolute Gasteiger partial charge is 0.497 e. The zero-order valence-corrected chi connectivity index (χ0v) is 14.1. The van der Waals surface area contributed by atoms with E-state index in [1.807, 2.05) is 0 Å². The number of nitrogens with one attached hydrogen (secondary N) is 1. The highest BCUT2D eigenvalue weighted by molar-refractivity contribution is 8.00. The fourth-order valence-electron chi connectivity index (χ4n) is 1.78. The van der Waals surface area contributed by atoms with Crippen molar-refractivity contribution in [3.63, 3.8) is 0 Å². The summed E-state index contributed by atoms with van der Waals surface area (Å²) >= 11 is 1.24. The molecule has 0 saturated heterocycles. The van der Waals surface area contributed by atoms with Gasteiger partial charge in [-0.3, -0.25) is 9.59 Å². The van der Waals surface area contributed by atoms with Crippen molar-refractivity contribution in [3.8, 4) is 5.75 Å². The Hall–Kier alpha value is -2.61. The fraction of sp³-hybridized carbons (Fsp3) is 0.176. The molecular formula is C17H15F2NO4S. The lowest BCUT2D eigenvalue weighted by Crippen LogP contribution is -2.22. The van der Waals surface area contributed by atoms with E-state index in [-0.39, 0.29) is 11.4 Å². The molecule has 5 nitrogen and oxygen atoms in total. The molecule has 2 aromatic rings. The Balaban J connectivity index is 1.75. The van der Waals surface area contributed by atoms with Crippen LogP contribution in [0.3, 0.4) is 0 Å². The van der Waals surface area contributed by atoms with Gasteiger partial charge in [0.15, 0.2) is 6.61 Å². The molecule has 0 atom stereocenters. The van der Waals surface area contributed by atoms with Gasteiger partial charge >= 0.3 is 5.97 Å². The molecule has 0 heterocycles. The second kappa shape index (κ2) is 9.03. The quantitative estimate of drug-likeness (QED) is 0.601. The van der Waals surface area contributed by atoms with Crippen molar-refractivity contribution in [3.05, 3.63) is 54.1 Å². The van der Waals surface area contributed by atoms with Crippen molar-refractivity contribution in [2.45, 2.75) is 4.90 Å². The summed E-state index contributed by atoms with van der Waals surface area (Å²) in [5.74, 6) is -2.12. The number of anilines is 1. The SMILES string of the molecule is COc1ccc(SCC(=O)OCC(=O)Nc2cc(F)ccc2F)cc1. The summed E-state index contributed by atoms with van der Waals surface area (Å²) in [4.78, 5) is 24.1. The third-order valence-electron chi connectivity index (χ3n) is 2.98. The van der Waals surface area contributed by atoms with Gasteiger partial charge in [0.2, 0.25) is 0 Å². The molecule has 0 unspecified atom stereocenters. The molecule has 1 amide bonds. The number of hydrogen-bond donors (Lipinski definition) is 1. The van der Waals surface area contributed by atoms with E-state index >= 15 is 0 Å². The molecule has 0 aliphatic carbocycles. The maximum absolute atomic E-state index is 13.4. The average Bonchev–Trinajstić information content (AvgIpc) is 2.61. The molecule has 0 saturated carbocycles. The second-order valence-corrected chi connectivity index (χ2v) is 5.85. The number of thioether (sulfide) groups is 1. The van der Waals surface area contributed by atoms with Crippen molar-refractivity contribution in [1.82, 2.24) is 0 Å². The summed E-state index contributed by atoms with van der Waals surface area (Å²) in [7, 11) is 1.56. The number of rotatable bonds is 7. The van der Waals surface area contributed by atoms with Gasteiger partial charge in [0.1, 0.15) is 17.4 Å². The number of carbonyl (C=O) groups is 2. The minimum atomic E-state index is -0.781. The zero-order chi connectivity index (χ0) is 18.2. The molecule has 8 heteroatoms. The van der Waals surface area contributed by atoms with E-state index in [4.69, 9.17) is 9.47 Å². The highest BCUT2D eigenvalue weighted by Crippen LogP contribution is 2.21. The van der Waals surface area contributed by atoms with E-state index in [9.17, 15) is 18.4 Å². The van der Waals surface area contributed by atoms with Crippen LogP contribution in [0.2, 0.25) is 0 Å². The first-order chi connectivity index (χ1) is 12.0. The maximum atomic E-state index is 13.4. The molecular weight excluding hydrogens is 352 g/mol. The van der Waals surface area contributed by atoms with E-state index in [1.54, 1.807) is 31.4 Å². The molecule has 0 radical (unpaired) electrons. The molecule has 2 aromatic carbocycles. The maximum Gasteiger partial charge on any atom is 0.316 e. The Bertz CT molecular complexity index is 753. The molecule has 25 heavy (non-hydrogen) atoms. The first kappa shape index (κ1) is 18.7. The smallest absolute Gasteiger partial charge is 0.316 e. The standard InChI is InChI=1S/C17H15F2NO4S/c1-23-12-3-5-13(6-4-12)25-10-17(22)24-9-16(21)20-15-8-11(18)2-7-14(15)19/h2-8H,9-10H2,1H3,(H,20,21).